The molecule has 2 aliphatic rings. The summed E-state index contributed by atoms with van der Waals surface area (Å²) in [5, 5.41) is 7.85. The van der Waals surface area contributed by atoms with Crippen molar-refractivity contribution < 1.29 is 9.53 Å². The Balaban J connectivity index is 1.25. The number of carbonyl (C=O) groups excluding carboxylic acids is 1. The predicted molar refractivity (Wildman–Crippen MR) is 106 cm³/mol. The Bertz CT molecular complexity index is 749. The van der Waals surface area contributed by atoms with Crippen molar-refractivity contribution in [2.24, 2.45) is 0 Å². The minimum absolute atomic E-state index is 0.150. The van der Waals surface area contributed by atoms with Crippen LogP contribution in [-0.4, -0.2) is 57.9 Å². The lowest BCUT2D eigenvalue weighted by atomic mass is 9.96. The SMILES string of the molecule is O=C(Cn1nccc1[C@@H]1CCCNC1)N1CCC(OCc2ccccn2)CC1. The van der Waals surface area contributed by atoms with E-state index in [1.807, 2.05) is 34.0 Å². The zero-order valence-corrected chi connectivity index (χ0v) is 16.3. The van der Waals surface area contributed by atoms with Crippen molar-refractivity contribution in [2.75, 3.05) is 26.2 Å². The molecule has 2 fully saturated rings. The number of hydrogen-bond donors (Lipinski definition) is 1. The van der Waals surface area contributed by atoms with Crippen LogP contribution in [0.4, 0.5) is 0 Å². The first-order valence-corrected chi connectivity index (χ1v) is 10.3. The lowest BCUT2D eigenvalue weighted by Crippen LogP contribution is -2.42. The molecular weight excluding hydrogens is 354 g/mol. The number of hydrogen-bond acceptors (Lipinski definition) is 5. The van der Waals surface area contributed by atoms with Gasteiger partial charge in [0.15, 0.2) is 0 Å². The Labute approximate surface area is 166 Å². The number of nitrogens with one attached hydrogen (secondary N) is 1. The van der Waals surface area contributed by atoms with Crippen LogP contribution in [0.3, 0.4) is 0 Å². The molecule has 7 nitrogen and oxygen atoms in total. The van der Waals surface area contributed by atoms with Crippen molar-refractivity contribution in [2.45, 2.75) is 50.9 Å². The first-order valence-electron chi connectivity index (χ1n) is 10.3. The van der Waals surface area contributed by atoms with E-state index in [4.69, 9.17) is 4.74 Å². The molecule has 2 aromatic heterocycles. The second-order valence-electron chi connectivity index (χ2n) is 7.67. The molecule has 0 aliphatic carbocycles. The van der Waals surface area contributed by atoms with Gasteiger partial charge in [-0.1, -0.05) is 6.07 Å². The Morgan fingerprint density at radius 2 is 2.07 bits per heavy atom. The summed E-state index contributed by atoms with van der Waals surface area (Å²) in [5.41, 5.74) is 2.12. The quantitative estimate of drug-likeness (QED) is 0.826. The summed E-state index contributed by atoms with van der Waals surface area (Å²) in [5.74, 6) is 0.603. The van der Waals surface area contributed by atoms with Crippen molar-refractivity contribution in [3.05, 3.63) is 48.0 Å². The lowest BCUT2D eigenvalue weighted by molar-refractivity contribution is -0.134. The molecule has 0 saturated carbocycles. The van der Waals surface area contributed by atoms with Gasteiger partial charge < -0.3 is 15.0 Å². The first kappa shape index (κ1) is 19.1. The van der Waals surface area contributed by atoms with Gasteiger partial charge in [0.1, 0.15) is 6.54 Å². The number of aromatic nitrogens is 3. The fourth-order valence-electron chi connectivity index (χ4n) is 4.11. The van der Waals surface area contributed by atoms with Gasteiger partial charge in [0.05, 0.1) is 18.4 Å². The van der Waals surface area contributed by atoms with Gasteiger partial charge in [-0.25, -0.2) is 0 Å². The molecule has 150 valence electrons. The summed E-state index contributed by atoms with van der Waals surface area (Å²) in [7, 11) is 0. The fourth-order valence-corrected chi connectivity index (χ4v) is 4.11. The van der Waals surface area contributed by atoms with Crippen molar-refractivity contribution in [3.8, 4) is 0 Å². The molecular formula is C21H29N5O2. The van der Waals surface area contributed by atoms with E-state index < -0.39 is 0 Å². The molecule has 28 heavy (non-hydrogen) atoms. The highest BCUT2D eigenvalue weighted by molar-refractivity contribution is 5.76. The molecule has 2 aromatic rings. The van der Waals surface area contributed by atoms with Gasteiger partial charge in [-0.2, -0.15) is 5.10 Å². The van der Waals surface area contributed by atoms with Gasteiger partial charge in [-0.3, -0.25) is 14.5 Å². The fraction of sp³-hybridized carbons (Fsp3) is 0.571. The number of ether oxygens (including phenoxy) is 1. The van der Waals surface area contributed by atoms with Crippen LogP contribution in [0.2, 0.25) is 0 Å². The predicted octanol–water partition coefficient (Wildman–Crippen LogP) is 1.95. The maximum absolute atomic E-state index is 12.8. The smallest absolute Gasteiger partial charge is 0.244 e. The highest BCUT2D eigenvalue weighted by atomic mass is 16.5. The summed E-state index contributed by atoms with van der Waals surface area (Å²) in [6, 6.07) is 7.91. The van der Waals surface area contributed by atoms with Crippen LogP contribution in [0.5, 0.6) is 0 Å². The van der Waals surface area contributed by atoms with E-state index in [-0.39, 0.29) is 12.0 Å². The zero-order valence-electron chi connectivity index (χ0n) is 16.3. The Kier molecular flexibility index (Phi) is 6.34. The highest BCUT2D eigenvalue weighted by Gasteiger charge is 2.25. The second-order valence-corrected chi connectivity index (χ2v) is 7.67. The third-order valence-corrected chi connectivity index (χ3v) is 5.74. The molecule has 1 N–H and O–H groups in total. The largest absolute Gasteiger partial charge is 0.372 e. The number of likely N-dealkylation sites (tertiary alicyclic amines) is 1. The van der Waals surface area contributed by atoms with Crippen LogP contribution in [-0.2, 0) is 22.7 Å². The maximum atomic E-state index is 12.8. The van der Waals surface area contributed by atoms with Gasteiger partial charge in [0, 0.05) is 43.6 Å². The molecule has 4 heterocycles. The molecule has 0 aromatic carbocycles. The van der Waals surface area contributed by atoms with E-state index in [1.54, 1.807) is 6.20 Å². The van der Waals surface area contributed by atoms with Crippen molar-refractivity contribution in [1.29, 1.82) is 0 Å². The standard InChI is InChI=1S/C21H29N5O2/c27-21(15-26-20(6-11-24-26)17-4-3-9-22-14-17)25-12-7-19(8-13-25)28-16-18-5-1-2-10-23-18/h1-2,5-6,10-11,17,19,22H,3-4,7-9,12-16H2/t17-/m1/s1. The summed E-state index contributed by atoms with van der Waals surface area (Å²) in [6.07, 6.45) is 7.87. The molecule has 0 radical (unpaired) electrons. The van der Waals surface area contributed by atoms with Crippen molar-refractivity contribution in [1.82, 2.24) is 25.0 Å². The monoisotopic (exact) mass is 383 g/mol. The highest BCUT2D eigenvalue weighted by Crippen LogP contribution is 2.23. The summed E-state index contributed by atoms with van der Waals surface area (Å²) in [6.45, 7) is 4.41. The summed E-state index contributed by atoms with van der Waals surface area (Å²) < 4.78 is 7.87. The number of nitrogens with zero attached hydrogens (tertiary/aromatic N) is 4. The maximum Gasteiger partial charge on any atom is 0.244 e. The van der Waals surface area contributed by atoms with Crippen LogP contribution >= 0.6 is 0 Å². The second kappa shape index (κ2) is 9.30. The minimum Gasteiger partial charge on any atom is -0.372 e. The van der Waals surface area contributed by atoms with Crippen LogP contribution in [0.1, 0.15) is 43.0 Å². The van der Waals surface area contributed by atoms with Crippen LogP contribution < -0.4 is 5.32 Å². The molecule has 0 unspecified atom stereocenters. The molecule has 7 heteroatoms. The van der Waals surface area contributed by atoms with Crippen molar-refractivity contribution in [3.63, 3.8) is 0 Å². The van der Waals surface area contributed by atoms with E-state index in [0.29, 0.717) is 19.1 Å². The van der Waals surface area contributed by atoms with Gasteiger partial charge >= 0.3 is 0 Å². The number of carbonyl (C=O) groups is 1. The number of rotatable bonds is 6. The molecule has 4 rings (SSSR count). The molecule has 0 spiro atoms. The van der Waals surface area contributed by atoms with E-state index in [0.717, 1.165) is 51.1 Å². The Morgan fingerprint density at radius 3 is 2.82 bits per heavy atom. The van der Waals surface area contributed by atoms with Gasteiger partial charge in [-0.05, 0) is 50.4 Å². The zero-order chi connectivity index (χ0) is 19.2. The number of pyridine rings is 1. The number of amides is 1. The lowest BCUT2D eigenvalue weighted by Gasteiger charge is -2.32. The average molecular weight is 383 g/mol. The molecule has 2 aliphatic heterocycles. The molecule has 1 amide bonds. The van der Waals surface area contributed by atoms with E-state index in [2.05, 4.69) is 21.5 Å². The summed E-state index contributed by atoms with van der Waals surface area (Å²) in [4.78, 5) is 19.0. The van der Waals surface area contributed by atoms with E-state index >= 15 is 0 Å². The van der Waals surface area contributed by atoms with Crippen LogP contribution in [0, 0.1) is 0 Å². The molecule has 0 bridgehead atoms. The van der Waals surface area contributed by atoms with Crippen LogP contribution in [0.25, 0.3) is 0 Å². The van der Waals surface area contributed by atoms with E-state index in [9.17, 15) is 4.79 Å². The van der Waals surface area contributed by atoms with Crippen LogP contribution in [0.15, 0.2) is 36.7 Å². The molecule has 2 saturated heterocycles. The van der Waals surface area contributed by atoms with Crippen molar-refractivity contribution >= 4 is 5.91 Å². The Morgan fingerprint density at radius 1 is 1.18 bits per heavy atom. The van der Waals surface area contributed by atoms with Gasteiger partial charge in [-0.15, -0.1) is 0 Å². The average Bonchev–Trinajstić information content (AvgIpc) is 3.22. The Hall–Kier alpha value is -2.25. The van der Waals surface area contributed by atoms with Gasteiger partial charge in [0.2, 0.25) is 5.91 Å². The summed E-state index contributed by atoms with van der Waals surface area (Å²) >= 11 is 0. The first-order chi connectivity index (χ1) is 13.8. The van der Waals surface area contributed by atoms with E-state index in [1.165, 1.54) is 12.1 Å². The van der Waals surface area contributed by atoms with Gasteiger partial charge in [0.25, 0.3) is 0 Å². The molecule has 1 atom stereocenters. The third-order valence-electron chi connectivity index (χ3n) is 5.74. The topological polar surface area (TPSA) is 72.3 Å². The number of piperidine rings is 2. The normalized spacial score (nSPS) is 21.0. The third kappa shape index (κ3) is 4.77. The minimum atomic E-state index is 0.150.